The lowest BCUT2D eigenvalue weighted by Crippen LogP contribution is -2.21. The van der Waals surface area contributed by atoms with Gasteiger partial charge in [0.05, 0.1) is 7.11 Å². The molecule has 1 aliphatic rings. The molecule has 0 fully saturated rings. The smallest absolute Gasteiger partial charge is 0.168 e. The van der Waals surface area contributed by atoms with Crippen LogP contribution in [0.4, 0.5) is 0 Å². The van der Waals surface area contributed by atoms with Crippen LogP contribution >= 0.6 is 0 Å². The molecule has 1 atom stereocenters. The van der Waals surface area contributed by atoms with Crippen molar-refractivity contribution < 1.29 is 9.57 Å². The maximum Gasteiger partial charge on any atom is 0.168 e. The summed E-state index contributed by atoms with van der Waals surface area (Å²) in [4.78, 5) is 5.36. The summed E-state index contributed by atoms with van der Waals surface area (Å²) in [5.74, 6) is 0.848. The van der Waals surface area contributed by atoms with E-state index in [-0.39, 0.29) is 5.60 Å². The Labute approximate surface area is 83.3 Å². The highest BCUT2D eigenvalue weighted by atomic mass is 16.7. The standard InChI is InChI=1S/C11H13NO2/c1-11(7-8-12-14-11)9-5-3-4-6-10(9)13-2/h3-6,8H,7H2,1-2H3. The van der Waals surface area contributed by atoms with Gasteiger partial charge >= 0.3 is 0 Å². The molecule has 0 saturated heterocycles. The number of hydrogen-bond donors (Lipinski definition) is 0. The van der Waals surface area contributed by atoms with Gasteiger partial charge in [0.25, 0.3) is 0 Å². The summed E-state index contributed by atoms with van der Waals surface area (Å²) in [6.45, 7) is 2.01. The van der Waals surface area contributed by atoms with E-state index < -0.39 is 0 Å². The Hall–Kier alpha value is -1.51. The van der Waals surface area contributed by atoms with Crippen LogP contribution in [0.3, 0.4) is 0 Å². The van der Waals surface area contributed by atoms with E-state index in [1.165, 1.54) is 0 Å². The van der Waals surface area contributed by atoms with Crippen LogP contribution in [0.5, 0.6) is 5.75 Å². The lowest BCUT2D eigenvalue weighted by Gasteiger charge is -2.23. The maximum atomic E-state index is 5.36. The van der Waals surface area contributed by atoms with E-state index in [9.17, 15) is 0 Å². The van der Waals surface area contributed by atoms with Crippen molar-refractivity contribution in [2.24, 2.45) is 5.16 Å². The summed E-state index contributed by atoms with van der Waals surface area (Å²) in [5.41, 5.74) is 0.673. The first-order valence-electron chi connectivity index (χ1n) is 4.60. The third kappa shape index (κ3) is 1.35. The Morgan fingerprint density at radius 1 is 1.43 bits per heavy atom. The molecule has 1 heterocycles. The van der Waals surface area contributed by atoms with Crippen molar-refractivity contribution in [2.75, 3.05) is 7.11 Å². The van der Waals surface area contributed by atoms with E-state index in [0.717, 1.165) is 17.7 Å². The molecular weight excluding hydrogens is 178 g/mol. The Kier molecular flexibility index (Phi) is 2.15. The van der Waals surface area contributed by atoms with Gasteiger partial charge in [-0.25, -0.2) is 0 Å². The van der Waals surface area contributed by atoms with Crippen LogP contribution in [0.25, 0.3) is 0 Å². The number of nitrogens with zero attached hydrogens (tertiary/aromatic N) is 1. The second kappa shape index (κ2) is 3.33. The van der Waals surface area contributed by atoms with Crippen LogP contribution in [-0.2, 0) is 10.4 Å². The first kappa shape index (κ1) is 9.06. The van der Waals surface area contributed by atoms with Crippen molar-refractivity contribution in [1.82, 2.24) is 0 Å². The summed E-state index contributed by atoms with van der Waals surface area (Å²) >= 11 is 0. The van der Waals surface area contributed by atoms with Gasteiger partial charge in [0.2, 0.25) is 0 Å². The van der Waals surface area contributed by atoms with Gasteiger partial charge < -0.3 is 9.57 Å². The number of para-hydroxylation sites is 1. The van der Waals surface area contributed by atoms with Crippen LogP contribution in [0.15, 0.2) is 29.4 Å². The van der Waals surface area contributed by atoms with Gasteiger partial charge in [-0.3, -0.25) is 0 Å². The van der Waals surface area contributed by atoms with Crippen molar-refractivity contribution in [2.45, 2.75) is 18.9 Å². The Bertz CT molecular complexity index is 352. The molecule has 1 unspecified atom stereocenters. The highest BCUT2D eigenvalue weighted by Gasteiger charge is 2.34. The molecule has 3 nitrogen and oxygen atoms in total. The molecule has 0 spiro atoms. The minimum atomic E-state index is -0.368. The second-order valence-corrected chi connectivity index (χ2v) is 3.51. The summed E-state index contributed by atoms with van der Waals surface area (Å²) in [6, 6.07) is 7.86. The fraction of sp³-hybridized carbons (Fsp3) is 0.364. The topological polar surface area (TPSA) is 30.8 Å². The molecule has 3 heteroatoms. The molecule has 0 N–H and O–H groups in total. The molecule has 0 radical (unpaired) electrons. The van der Waals surface area contributed by atoms with Crippen molar-refractivity contribution in [3.63, 3.8) is 0 Å². The molecule has 14 heavy (non-hydrogen) atoms. The molecule has 1 aliphatic heterocycles. The number of oxime groups is 1. The molecule has 0 aliphatic carbocycles. The number of hydrogen-bond acceptors (Lipinski definition) is 3. The zero-order chi connectivity index (χ0) is 10.0. The lowest BCUT2D eigenvalue weighted by atomic mass is 9.92. The molecule has 0 bridgehead atoms. The van der Waals surface area contributed by atoms with Gasteiger partial charge in [0, 0.05) is 18.2 Å². The predicted octanol–water partition coefficient (Wildman–Crippen LogP) is 2.32. The van der Waals surface area contributed by atoms with E-state index in [0.29, 0.717) is 0 Å². The normalized spacial score (nSPS) is 24.7. The summed E-state index contributed by atoms with van der Waals surface area (Å²) in [5, 5.41) is 3.81. The second-order valence-electron chi connectivity index (χ2n) is 3.51. The average Bonchev–Trinajstić information content (AvgIpc) is 2.66. The van der Waals surface area contributed by atoms with Crippen LogP contribution in [0.2, 0.25) is 0 Å². The van der Waals surface area contributed by atoms with Gasteiger partial charge in [-0.15, -0.1) is 0 Å². The predicted molar refractivity (Wildman–Crippen MR) is 54.5 cm³/mol. The number of rotatable bonds is 2. The Morgan fingerprint density at radius 2 is 2.21 bits per heavy atom. The van der Waals surface area contributed by atoms with Crippen LogP contribution in [0.1, 0.15) is 18.9 Å². The van der Waals surface area contributed by atoms with Crippen molar-refractivity contribution in [3.05, 3.63) is 29.8 Å². The number of ether oxygens (including phenoxy) is 1. The van der Waals surface area contributed by atoms with E-state index in [1.807, 2.05) is 31.2 Å². The monoisotopic (exact) mass is 191 g/mol. The van der Waals surface area contributed by atoms with E-state index in [1.54, 1.807) is 13.3 Å². The fourth-order valence-electron chi connectivity index (χ4n) is 1.64. The summed E-state index contributed by atoms with van der Waals surface area (Å²) in [6.07, 6.45) is 2.57. The van der Waals surface area contributed by atoms with Crippen molar-refractivity contribution in [3.8, 4) is 5.75 Å². The number of methoxy groups -OCH3 is 1. The van der Waals surface area contributed by atoms with Crippen LogP contribution < -0.4 is 4.74 Å². The molecule has 2 rings (SSSR count). The van der Waals surface area contributed by atoms with E-state index in [4.69, 9.17) is 9.57 Å². The SMILES string of the molecule is COc1ccccc1C1(C)CC=NO1. The molecule has 0 aromatic heterocycles. The lowest BCUT2D eigenvalue weighted by molar-refractivity contribution is -0.00899. The molecular formula is C11H13NO2. The molecule has 1 aromatic carbocycles. The quantitative estimate of drug-likeness (QED) is 0.718. The highest BCUT2D eigenvalue weighted by Crippen LogP contribution is 2.37. The minimum Gasteiger partial charge on any atom is -0.496 e. The Balaban J connectivity index is 2.40. The Morgan fingerprint density at radius 3 is 2.86 bits per heavy atom. The van der Waals surface area contributed by atoms with Crippen molar-refractivity contribution >= 4 is 6.21 Å². The van der Waals surface area contributed by atoms with Gasteiger partial charge in [-0.2, -0.15) is 0 Å². The van der Waals surface area contributed by atoms with Gasteiger partial charge in [-0.05, 0) is 13.0 Å². The highest BCUT2D eigenvalue weighted by molar-refractivity contribution is 5.61. The third-order valence-electron chi connectivity index (χ3n) is 2.49. The summed E-state index contributed by atoms with van der Waals surface area (Å²) in [7, 11) is 1.66. The minimum absolute atomic E-state index is 0.368. The van der Waals surface area contributed by atoms with Gasteiger partial charge in [0.1, 0.15) is 5.75 Å². The molecule has 74 valence electrons. The molecule has 1 aromatic rings. The van der Waals surface area contributed by atoms with Gasteiger partial charge in [-0.1, -0.05) is 23.4 Å². The summed E-state index contributed by atoms with van der Waals surface area (Å²) < 4.78 is 5.29. The largest absolute Gasteiger partial charge is 0.496 e. The third-order valence-corrected chi connectivity index (χ3v) is 2.49. The molecule has 0 saturated carbocycles. The first-order chi connectivity index (χ1) is 6.76. The fourth-order valence-corrected chi connectivity index (χ4v) is 1.64. The zero-order valence-corrected chi connectivity index (χ0v) is 8.36. The van der Waals surface area contributed by atoms with Crippen molar-refractivity contribution in [1.29, 1.82) is 0 Å². The first-order valence-corrected chi connectivity index (χ1v) is 4.60. The maximum absolute atomic E-state index is 5.36. The molecule has 0 amide bonds. The average molecular weight is 191 g/mol. The van der Waals surface area contributed by atoms with Crippen LogP contribution in [-0.4, -0.2) is 13.3 Å². The van der Waals surface area contributed by atoms with E-state index in [2.05, 4.69) is 5.16 Å². The number of benzene rings is 1. The zero-order valence-electron chi connectivity index (χ0n) is 8.36. The van der Waals surface area contributed by atoms with E-state index >= 15 is 0 Å². The van der Waals surface area contributed by atoms with Gasteiger partial charge in [0.15, 0.2) is 5.60 Å². The van der Waals surface area contributed by atoms with Crippen LogP contribution in [0, 0.1) is 0 Å².